The Labute approximate surface area is 198 Å². The fraction of sp³-hybridized carbons (Fsp3) is 0.348. The second-order valence-electron chi connectivity index (χ2n) is 8.18. The molecule has 1 saturated heterocycles. The second kappa shape index (κ2) is 9.79. The summed E-state index contributed by atoms with van der Waals surface area (Å²) < 4.78 is 33.8. The third-order valence-electron chi connectivity index (χ3n) is 5.55. The van der Waals surface area contributed by atoms with Crippen LogP contribution in [0, 0.1) is 12.8 Å². The summed E-state index contributed by atoms with van der Waals surface area (Å²) >= 11 is 7.61. The van der Waals surface area contributed by atoms with Crippen molar-refractivity contribution in [3.8, 4) is 5.75 Å². The maximum atomic E-state index is 12.6. The van der Waals surface area contributed by atoms with Gasteiger partial charge in [0.1, 0.15) is 11.9 Å². The zero-order valence-corrected chi connectivity index (χ0v) is 20.4. The first-order valence-electron chi connectivity index (χ1n) is 10.5. The molecular weight excluding hydrogens is 466 g/mol. The first-order valence-corrected chi connectivity index (χ1v) is 13.2. The van der Waals surface area contributed by atoms with E-state index in [-0.39, 0.29) is 16.0 Å². The van der Waals surface area contributed by atoms with Crippen molar-refractivity contribution in [3.63, 3.8) is 0 Å². The smallest absolute Gasteiger partial charge is 0.263 e. The quantitative estimate of drug-likeness (QED) is 0.492. The number of aryl methyl sites for hydroxylation is 1. The number of benzene rings is 2. The molecule has 0 radical (unpaired) electrons. The number of halogens is 1. The number of likely N-dealkylation sites (tertiary alicyclic amines) is 1. The molecule has 0 aliphatic carbocycles. The molecule has 0 amide bonds. The van der Waals surface area contributed by atoms with E-state index in [0.29, 0.717) is 16.8 Å². The molecule has 0 saturated carbocycles. The van der Waals surface area contributed by atoms with E-state index >= 15 is 0 Å². The molecule has 4 rings (SSSR count). The highest BCUT2D eigenvalue weighted by molar-refractivity contribution is 7.93. The lowest BCUT2D eigenvalue weighted by Gasteiger charge is -2.37. The van der Waals surface area contributed by atoms with Crippen molar-refractivity contribution in [2.24, 2.45) is 5.92 Å². The van der Waals surface area contributed by atoms with Crippen molar-refractivity contribution in [1.29, 1.82) is 0 Å². The lowest BCUT2D eigenvalue weighted by atomic mass is 9.96. The van der Waals surface area contributed by atoms with Gasteiger partial charge in [-0.1, -0.05) is 48.4 Å². The van der Waals surface area contributed by atoms with Gasteiger partial charge in [-0.25, -0.2) is 13.4 Å². The molecule has 2 aromatic carbocycles. The summed E-state index contributed by atoms with van der Waals surface area (Å²) in [5.74, 6) is 0.823. The average molecular weight is 492 g/mol. The van der Waals surface area contributed by atoms with Gasteiger partial charge in [0, 0.05) is 37.1 Å². The number of sulfonamides is 1. The fourth-order valence-corrected chi connectivity index (χ4v) is 6.06. The van der Waals surface area contributed by atoms with Gasteiger partial charge in [-0.3, -0.25) is 9.62 Å². The number of hydrogen-bond acceptors (Lipinski definition) is 6. The minimum atomic E-state index is -3.76. The normalized spacial score (nSPS) is 19.6. The van der Waals surface area contributed by atoms with E-state index in [0.717, 1.165) is 26.1 Å². The van der Waals surface area contributed by atoms with Crippen molar-refractivity contribution >= 4 is 38.1 Å². The molecule has 6 nitrogen and oxygen atoms in total. The van der Waals surface area contributed by atoms with Crippen LogP contribution in [0.1, 0.15) is 24.5 Å². The highest BCUT2D eigenvalue weighted by Crippen LogP contribution is 2.32. The van der Waals surface area contributed by atoms with Crippen LogP contribution in [0.3, 0.4) is 0 Å². The van der Waals surface area contributed by atoms with Crippen LogP contribution in [0.5, 0.6) is 5.75 Å². The van der Waals surface area contributed by atoms with E-state index in [1.165, 1.54) is 34.6 Å². The summed E-state index contributed by atoms with van der Waals surface area (Å²) in [6.07, 6.45) is 2.45. The summed E-state index contributed by atoms with van der Waals surface area (Å²) in [7, 11) is -3.76. The Kier molecular flexibility index (Phi) is 7.05. The summed E-state index contributed by atoms with van der Waals surface area (Å²) in [5, 5.41) is 2.30. The average Bonchev–Trinajstić information content (AvgIpc) is 3.23. The number of anilines is 1. The van der Waals surface area contributed by atoms with E-state index in [4.69, 9.17) is 16.3 Å². The molecule has 3 aromatic rings. The minimum Gasteiger partial charge on any atom is -0.488 e. The summed E-state index contributed by atoms with van der Waals surface area (Å²) in [5.41, 5.74) is 2.60. The van der Waals surface area contributed by atoms with Gasteiger partial charge in [0.2, 0.25) is 0 Å². The van der Waals surface area contributed by atoms with Crippen molar-refractivity contribution < 1.29 is 13.2 Å². The van der Waals surface area contributed by atoms with Crippen LogP contribution < -0.4 is 9.46 Å². The maximum Gasteiger partial charge on any atom is 0.263 e. The van der Waals surface area contributed by atoms with Crippen LogP contribution in [0.2, 0.25) is 5.02 Å². The lowest BCUT2D eigenvalue weighted by molar-refractivity contribution is 0.0490. The number of aromatic nitrogens is 1. The Morgan fingerprint density at radius 1 is 1.28 bits per heavy atom. The highest BCUT2D eigenvalue weighted by atomic mass is 35.5. The Balaban J connectivity index is 1.38. The third-order valence-corrected chi connectivity index (χ3v) is 8.00. The monoisotopic (exact) mass is 491 g/mol. The lowest BCUT2D eigenvalue weighted by Crippen LogP contribution is -2.44. The van der Waals surface area contributed by atoms with Crippen LogP contribution >= 0.6 is 22.9 Å². The van der Waals surface area contributed by atoms with Gasteiger partial charge < -0.3 is 4.74 Å². The zero-order valence-electron chi connectivity index (χ0n) is 18.0. The molecule has 1 aliphatic heterocycles. The number of nitrogens with zero attached hydrogens (tertiary/aromatic N) is 2. The van der Waals surface area contributed by atoms with Gasteiger partial charge in [0.15, 0.2) is 5.13 Å². The fourth-order valence-electron chi connectivity index (χ4n) is 3.95. The maximum absolute atomic E-state index is 12.6. The molecule has 9 heteroatoms. The molecule has 1 aromatic heterocycles. The third kappa shape index (κ3) is 5.61. The number of rotatable bonds is 7. The number of nitrogens with one attached hydrogen (secondary N) is 1. The number of thiazole rings is 1. The van der Waals surface area contributed by atoms with Crippen molar-refractivity contribution in [3.05, 3.63) is 70.2 Å². The Bertz CT molecular complexity index is 1170. The first-order chi connectivity index (χ1) is 15.3. The molecule has 2 unspecified atom stereocenters. The summed E-state index contributed by atoms with van der Waals surface area (Å²) in [6, 6.07) is 13.2. The van der Waals surface area contributed by atoms with Gasteiger partial charge in [-0.2, -0.15) is 0 Å². The molecule has 1 N–H and O–H groups in total. The second-order valence-corrected chi connectivity index (χ2v) is 11.2. The largest absolute Gasteiger partial charge is 0.488 e. The molecule has 0 spiro atoms. The topological polar surface area (TPSA) is 71.5 Å². The molecular formula is C23H26ClN3O3S2. The predicted octanol–water partition coefficient (Wildman–Crippen LogP) is 5.20. The summed E-state index contributed by atoms with van der Waals surface area (Å²) in [6.45, 7) is 7.09. The zero-order chi connectivity index (χ0) is 22.7. The van der Waals surface area contributed by atoms with Gasteiger partial charge in [0.25, 0.3) is 10.0 Å². The van der Waals surface area contributed by atoms with Gasteiger partial charge in [0.05, 0.1) is 9.92 Å². The summed E-state index contributed by atoms with van der Waals surface area (Å²) in [4.78, 5) is 6.48. The SMILES string of the molecule is Cc1cccc(CN2CCC(Oc3ccc(S(=O)(=O)Nc4nccs4)cc3Cl)C(C)C2)c1. The van der Waals surface area contributed by atoms with Gasteiger partial charge in [-0.05, 0) is 37.1 Å². The Hall–Kier alpha value is -2.13. The van der Waals surface area contributed by atoms with Gasteiger partial charge in [-0.15, -0.1) is 11.3 Å². The van der Waals surface area contributed by atoms with E-state index < -0.39 is 10.0 Å². The van der Waals surface area contributed by atoms with E-state index in [9.17, 15) is 8.42 Å². The Morgan fingerprint density at radius 2 is 2.12 bits per heavy atom. The Morgan fingerprint density at radius 3 is 2.81 bits per heavy atom. The predicted molar refractivity (Wildman–Crippen MR) is 129 cm³/mol. The highest BCUT2D eigenvalue weighted by Gasteiger charge is 2.28. The van der Waals surface area contributed by atoms with Crippen LogP contribution in [0.25, 0.3) is 0 Å². The molecule has 2 heterocycles. The van der Waals surface area contributed by atoms with Crippen molar-refractivity contribution in [2.45, 2.75) is 37.8 Å². The number of hydrogen-bond donors (Lipinski definition) is 1. The molecule has 2 atom stereocenters. The molecule has 0 bridgehead atoms. The van der Waals surface area contributed by atoms with E-state index in [1.54, 1.807) is 17.6 Å². The van der Waals surface area contributed by atoms with Crippen LogP contribution in [-0.4, -0.2) is 37.5 Å². The molecule has 32 heavy (non-hydrogen) atoms. The number of ether oxygens (including phenoxy) is 1. The van der Waals surface area contributed by atoms with Crippen LogP contribution in [0.15, 0.2) is 58.9 Å². The van der Waals surface area contributed by atoms with E-state index in [1.807, 2.05) is 0 Å². The van der Waals surface area contributed by atoms with Crippen molar-refractivity contribution in [2.75, 3.05) is 17.8 Å². The molecule has 1 fully saturated rings. The molecule has 1 aliphatic rings. The first kappa shape index (κ1) is 23.0. The number of piperidine rings is 1. The minimum absolute atomic E-state index is 0.0251. The van der Waals surface area contributed by atoms with Gasteiger partial charge >= 0.3 is 0 Å². The standard InChI is InChI=1S/C23H26ClN3O3S2/c1-16-4-3-5-18(12-16)15-27-10-8-21(17(2)14-27)30-22-7-6-19(13-20(22)24)32(28,29)26-23-25-9-11-31-23/h3-7,9,11-13,17,21H,8,10,14-15H2,1-2H3,(H,25,26). The molecule has 170 valence electrons. The van der Waals surface area contributed by atoms with E-state index in [2.05, 4.69) is 52.7 Å². The van der Waals surface area contributed by atoms with Crippen molar-refractivity contribution in [1.82, 2.24) is 9.88 Å². The van der Waals surface area contributed by atoms with Crippen LogP contribution in [-0.2, 0) is 16.6 Å². The van der Waals surface area contributed by atoms with Crippen LogP contribution in [0.4, 0.5) is 5.13 Å².